The zero-order valence-electron chi connectivity index (χ0n) is 11.8. The number of benzene rings is 2. The molecule has 2 rings (SSSR count). The van der Waals surface area contributed by atoms with Crippen molar-refractivity contribution in [1.29, 1.82) is 0 Å². The largest absolute Gasteiger partial charge is 0.493 e. The molecule has 2 aromatic carbocycles. The molecular formula is C14H12F3NO4S. The lowest BCUT2D eigenvalue weighted by molar-refractivity contribution is -0.0511. The fourth-order valence-corrected chi connectivity index (χ4v) is 2.93. The van der Waals surface area contributed by atoms with E-state index in [2.05, 4.69) is 9.46 Å². The monoisotopic (exact) mass is 347 g/mol. The maximum Gasteiger partial charge on any atom is 0.387 e. The minimum Gasteiger partial charge on any atom is -0.493 e. The van der Waals surface area contributed by atoms with Crippen molar-refractivity contribution in [2.75, 3.05) is 11.8 Å². The fourth-order valence-electron chi connectivity index (χ4n) is 1.80. The summed E-state index contributed by atoms with van der Waals surface area (Å²) in [6.45, 7) is -3.11. The van der Waals surface area contributed by atoms with Gasteiger partial charge in [-0.1, -0.05) is 12.1 Å². The maximum absolute atomic E-state index is 13.6. The van der Waals surface area contributed by atoms with Crippen molar-refractivity contribution in [3.05, 3.63) is 48.3 Å². The first-order chi connectivity index (χ1) is 10.8. The van der Waals surface area contributed by atoms with E-state index in [9.17, 15) is 21.6 Å². The second-order valence-corrected chi connectivity index (χ2v) is 5.93. The Kier molecular flexibility index (Phi) is 4.99. The van der Waals surface area contributed by atoms with E-state index in [-0.39, 0.29) is 17.2 Å². The second-order valence-electron chi connectivity index (χ2n) is 4.28. The standard InChI is InChI=1S/C14H12F3NO4S/c1-21-11-7-6-9(8-12(11)22-14(16)17)18-23(19,20)13-5-3-2-4-10(13)15/h2-8,14,18H,1H3. The lowest BCUT2D eigenvalue weighted by atomic mass is 10.3. The molecule has 0 radical (unpaired) electrons. The second kappa shape index (κ2) is 6.78. The molecule has 0 aromatic heterocycles. The summed E-state index contributed by atoms with van der Waals surface area (Å²) in [6, 6.07) is 8.31. The Morgan fingerprint density at radius 1 is 1.09 bits per heavy atom. The minimum atomic E-state index is -4.22. The Labute approximate surface area is 130 Å². The van der Waals surface area contributed by atoms with Crippen molar-refractivity contribution in [2.45, 2.75) is 11.5 Å². The summed E-state index contributed by atoms with van der Waals surface area (Å²) in [7, 11) is -2.97. The van der Waals surface area contributed by atoms with Gasteiger partial charge in [-0.15, -0.1) is 0 Å². The van der Waals surface area contributed by atoms with Gasteiger partial charge in [0.15, 0.2) is 11.5 Å². The van der Waals surface area contributed by atoms with Crippen molar-refractivity contribution in [2.24, 2.45) is 0 Å². The van der Waals surface area contributed by atoms with Crippen LogP contribution in [0.5, 0.6) is 11.5 Å². The molecule has 0 aliphatic heterocycles. The third-order valence-corrected chi connectivity index (χ3v) is 4.17. The highest BCUT2D eigenvalue weighted by molar-refractivity contribution is 7.92. The number of alkyl halides is 2. The molecular weight excluding hydrogens is 335 g/mol. The quantitative estimate of drug-likeness (QED) is 0.871. The molecule has 0 saturated carbocycles. The first-order valence-electron chi connectivity index (χ1n) is 6.23. The Hall–Kier alpha value is -2.42. The van der Waals surface area contributed by atoms with Crippen LogP contribution in [0.4, 0.5) is 18.9 Å². The van der Waals surface area contributed by atoms with Crippen LogP contribution in [0.15, 0.2) is 47.4 Å². The Bertz CT molecular complexity index is 796. The van der Waals surface area contributed by atoms with Gasteiger partial charge in [0.05, 0.1) is 12.8 Å². The molecule has 9 heteroatoms. The normalized spacial score (nSPS) is 11.3. The lowest BCUT2D eigenvalue weighted by Crippen LogP contribution is -2.14. The average Bonchev–Trinajstić information content (AvgIpc) is 2.46. The van der Waals surface area contributed by atoms with Gasteiger partial charge in [-0.25, -0.2) is 12.8 Å². The fraction of sp³-hybridized carbons (Fsp3) is 0.143. The third kappa shape index (κ3) is 4.07. The van der Waals surface area contributed by atoms with Crippen molar-refractivity contribution in [1.82, 2.24) is 0 Å². The number of nitrogens with one attached hydrogen (secondary N) is 1. The highest BCUT2D eigenvalue weighted by atomic mass is 32.2. The average molecular weight is 347 g/mol. The van der Waals surface area contributed by atoms with E-state index >= 15 is 0 Å². The molecule has 23 heavy (non-hydrogen) atoms. The van der Waals surface area contributed by atoms with Gasteiger partial charge in [-0.2, -0.15) is 8.78 Å². The van der Waals surface area contributed by atoms with Crippen molar-refractivity contribution in [3.63, 3.8) is 0 Å². The van der Waals surface area contributed by atoms with Gasteiger partial charge in [0.1, 0.15) is 10.7 Å². The van der Waals surface area contributed by atoms with E-state index in [4.69, 9.17) is 4.74 Å². The molecule has 0 saturated heterocycles. The van der Waals surface area contributed by atoms with E-state index in [0.29, 0.717) is 0 Å². The molecule has 1 N–H and O–H groups in total. The van der Waals surface area contributed by atoms with Crippen LogP contribution < -0.4 is 14.2 Å². The summed E-state index contributed by atoms with van der Waals surface area (Å²) in [5.41, 5.74) is -0.0790. The van der Waals surface area contributed by atoms with Crippen molar-refractivity contribution < 1.29 is 31.1 Å². The molecule has 0 aliphatic rings. The predicted octanol–water partition coefficient (Wildman–Crippen LogP) is 3.24. The van der Waals surface area contributed by atoms with Gasteiger partial charge < -0.3 is 9.47 Å². The zero-order valence-corrected chi connectivity index (χ0v) is 12.6. The summed E-state index contributed by atoms with van der Waals surface area (Å²) in [5, 5.41) is 0. The molecule has 124 valence electrons. The van der Waals surface area contributed by atoms with Crippen LogP contribution in [0.2, 0.25) is 0 Å². The van der Waals surface area contributed by atoms with Gasteiger partial charge in [-0.3, -0.25) is 4.72 Å². The number of rotatable bonds is 6. The summed E-state index contributed by atoms with van der Waals surface area (Å²) in [5.74, 6) is -1.28. The summed E-state index contributed by atoms with van der Waals surface area (Å²) >= 11 is 0. The number of sulfonamides is 1. The molecule has 0 amide bonds. The number of halogens is 3. The first kappa shape index (κ1) is 16.9. The van der Waals surface area contributed by atoms with E-state index in [0.717, 1.165) is 18.2 Å². The topological polar surface area (TPSA) is 64.6 Å². The molecule has 0 spiro atoms. The van der Waals surface area contributed by atoms with Gasteiger partial charge in [0, 0.05) is 6.07 Å². The molecule has 2 aromatic rings. The highest BCUT2D eigenvalue weighted by Gasteiger charge is 2.20. The molecule has 5 nitrogen and oxygen atoms in total. The number of hydrogen-bond donors (Lipinski definition) is 1. The molecule has 0 unspecified atom stereocenters. The third-order valence-electron chi connectivity index (χ3n) is 2.76. The smallest absolute Gasteiger partial charge is 0.387 e. The van der Waals surface area contributed by atoms with Gasteiger partial charge in [0.2, 0.25) is 0 Å². The Morgan fingerprint density at radius 3 is 2.39 bits per heavy atom. The number of hydrogen-bond acceptors (Lipinski definition) is 4. The van der Waals surface area contributed by atoms with Crippen molar-refractivity contribution >= 4 is 15.7 Å². The number of anilines is 1. The van der Waals surface area contributed by atoms with E-state index < -0.39 is 27.3 Å². The summed E-state index contributed by atoms with van der Waals surface area (Å²) < 4.78 is 73.8. The first-order valence-corrected chi connectivity index (χ1v) is 7.72. The van der Waals surface area contributed by atoms with Crippen LogP contribution in [0.3, 0.4) is 0 Å². The van der Waals surface area contributed by atoms with Crippen LogP contribution in [-0.2, 0) is 10.0 Å². The maximum atomic E-state index is 13.6. The zero-order chi connectivity index (χ0) is 17.0. The number of methoxy groups -OCH3 is 1. The molecule has 0 atom stereocenters. The molecule has 0 bridgehead atoms. The van der Waals surface area contributed by atoms with Crippen LogP contribution in [0.1, 0.15) is 0 Å². The van der Waals surface area contributed by atoms with E-state index in [1.165, 1.54) is 31.4 Å². The predicted molar refractivity (Wildman–Crippen MR) is 76.8 cm³/mol. The van der Waals surface area contributed by atoms with Gasteiger partial charge in [-0.05, 0) is 24.3 Å². The van der Waals surface area contributed by atoms with E-state index in [1.807, 2.05) is 0 Å². The van der Waals surface area contributed by atoms with Crippen LogP contribution in [0, 0.1) is 5.82 Å². The van der Waals surface area contributed by atoms with Gasteiger partial charge in [0.25, 0.3) is 10.0 Å². The SMILES string of the molecule is COc1ccc(NS(=O)(=O)c2ccccc2F)cc1OC(F)F. The van der Waals surface area contributed by atoms with Crippen LogP contribution in [-0.4, -0.2) is 22.1 Å². The number of ether oxygens (including phenoxy) is 2. The lowest BCUT2D eigenvalue weighted by Gasteiger charge is -2.13. The molecule has 0 heterocycles. The van der Waals surface area contributed by atoms with Crippen molar-refractivity contribution in [3.8, 4) is 11.5 Å². The molecule has 0 aliphatic carbocycles. The molecule has 0 fully saturated rings. The van der Waals surface area contributed by atoms with Crippen LogP contribution >= 0.6 is 0 Å². The Balaban J connectivity index is 2.34. The summed E-state index contributed by atoms with van der Waals surface area (Å²) in [4.78, 5) is -0.563. The highest BCUT2D eigenvalue weighted by Crippen LogP contribution is 2.32. The van der Waals surface area contributed by atoms with Crippen LogP contribution in [0.25, 0.3) is 0 Å². The van der Waals surface area contributed by atoms with E-state index in [1.54, 1.807) is 0 Å². The van der Waals surface area contributed by atoms with Gasteiger partial charge >= 0.3 is 6.61 Å². The Morgan fingerprint density at radius 2 is 1.78 bits per heavy atom. The summed E-state index contributed by atoms with van der Waals surface area (Å²) in [6.07, 6.45) is 0. The minimum absolute atomic E-state index is 0.000797.